The van der Waals surface area contributed by atoms with Gasteiger partial charge in [-0.3, -0.25) is 4.90 Å². The lowest BCUT2D eigenvalue weighted by atomic mass is 9.92. The fourth-order valence-corrected chi connectivity index (χ4v) is 3.88. The van der Waals surface area contributed by atoms with Gasteiger partial charge in [0.25, 0.3) is 0 Å². The van der Waals surface area contributed by atoms with Gasteiger partial charge in [-0.15, -0.1) is 0 Å². The molecule has 3 aromatic rings. The first kappa shape index (κ1) is 16.8. The third kappa shape index (κ3) is 3.79. The van der Waals surface area contributed by atoms with Gasteiger partial charge in [0.05, 0.1) is 0 Å². The molecule has 0 amide bonds. The number of rotatable bonds is 4. The van der Waals surface area contributed by atoms with E-state index in [4.69, 9.17) is 0 Å². The van der Waals surface area contributed by atoms with Crippen molar-refractivity contribution in [1.82, 2.24) is 4.90 Å². The molecule has 0 spiro atoms. The van der Waals surface area contributed by atoms with Crippen molar-refractivity contribution in [2.75, 3.05) is 13.1 Å². The molecule has 4 rings (SSSR count). The van der Waals surface area contributed by atoms with Crippen LogP contribution >= 0.6 is 0 Å². The van der Waals surface area contributed by atoms with Gasteiger partial charge in [0, 0.05) is 19.6 Å². The summed E-state index contributed by atoms with van der Waals surface area (Å²) in [5, 5.41) is 0. The van der Waals surface area contributed by atoms with Crippen LogP contribution in [0, 0.1) is 0 Å². The second kappa shape index (κ2) is 7.72. The van der Waals surface area contributed by atoms with Crippen molar-refractivity contribution in [2.45, 2.75) is 19.9 Å². The molecule has 0 aliphatic carbocycles. The molecule has 0 radical (unpaired) electrons. The third-order valence-electron chi connectivity index (χ3n) is 5.22. The van der Waals surface area contributed by atoms with E-state index in [9.17, 15) is 0 Å². The van der Waals surface area contributed by atoms with Crippen LogP contribution in [-0.4, -0.2) is 18.0 Å². The van der Waals surface area contributed by atoms with Crippen LogP contribution in [0.3, 0.4) is 0 Å². The van der Waals surface area contributed by atoms with Gasteiger partial charge in [0.2, 0.25) is 0 Å². The van der Waals surface area contributed by atoms with E-state index in [0.29, 0.717) is 0 Å². The minimum absolute atomic E-state index is 1.04. The fourth-order valence-electron chi connectivity index (χ4n) is 3.88. The SMILES string of the molecule is CC1=C(c2cccc(-c3ccccc3)c2)CCN(Cc2ccccc2)C1. The molecule has 26 heavy (non-hydrogen) atoms. The van der Waals surface area contributed by atoms with Crippen molar-refractivity contribution in [3.63, 3.8) is 0 Å². The minimum Gasteiger partial charge on any atom is -0.295 e. The Hall–Kier alpha value is -2.64. The summed E-state index contributed by atoms with van der Waals surface area (Å²) in [6.07, 6.45) is 1.12. The molecule has 0 aromatic heterocycles. The summed E-state index contributed by atoms with van der Waals surface area (Å²) in [6.45, 7) is 5.51. The van der Waals surface area contributed by atoms with Crippen molar-refractivity contribution in [2.24, 2.45) is 0 Å². The molecule has 1 aliphatic rings. The fraction of sp³-hybridized carbons (Fsp3) is 0.200. The summed E-state index contributed by atoms with van der Waals surface area (Å²) in [7, 11) is 0. The summed E-state index contributed by atoms with van der Waals surface area (Å²) in [5.41, 5.74) is 8.38. The van der Waals surface area contributed by atoms with Gasteiger partial charge in [-0.1, -0.05) is 84.4 Å². The van der Waals surface area contributed by atoms with Crippen LogP contribution in [0.5, 0.6) is 0 Å². The average Bonchev–Trinajstić information content (AvgIpc) is 2.70. The molecule has 0 saturated heterocycles. The Morgan fingerprint density at radius 1 is 0.731 bits per heavy atom. The summed E-state index contributed by atoms with van der Waals surface area (Å²) in [6, 6.07) is 30.4. The van der Waals surface area contributed by atoms with Gasteiger partial charge >= 0.3 is 0 Å². The topological polar surface area (TPSA) is 3.24 Å². The molecule has 130 valence electrons. The third-order valence-corrected chi connectivity index (χ3v) is 5.22. The largest absolute Gasteiger partial charge is 0.295 e. The molecule has 0 unspecified atom stereocenters. The molecule has 0 fully saturated rings. The van der Waals surface area contributed by atoms with E-state index in [1.807, 2.05) is 0 Å². The van der Waals surface area contributed by atoms with Crippen molar-refractivity contribution in [1.29, 1.82) is 0 Å². The highest BCUT2D eigenvalue weighted by Crippen LogP contribution is 2.30. The molecule has 0 bridgehead atoms. The summed E-state index contributed by atoms with van der Waals surface area (Å²) in [5.74, 6) is 0. The first-order chi connectivity index (χ1) is 12.8. The molecule has 3 aromatic carbocycles. The quantitative estimate of drug-likeness (QED) is 0.561. The highest BCUT2D eigenvalue weighted by atomic mass is 15.1. The van der Waals surface area contributed by atoms with Crippen molar-refractivity contribution in [3.05, 3.63) is 102 Å². The van der Waals surface area contributed by atoms with E-state index in [1.165, 1.54) is 33.4 Å². The predicted octanol–water partition coefficient (Wildman–Crippen LogP) is 6.03. The van der Waals surface area contributed by atoms with Crippen LogP contribution in [0.25, 0.3) is 16.7 Å². The monoisotopic (exact) mass is 339 g/mol. The second-order valence-electron chi connectivity index (χ2n) is 7.15. The molecule has 0 saturated carbocycles. The van der Waals surface area contributed by atoms with Crippen LogP contribution in [0.15, 0.2) is 90.5 Å². The molecule has 0 atom stereocenters. The van der Waals surface area contributed by atoms with E-state index < -0.39 is 0 Å². The van der Waals surface area contributed by atoms with Crippen LogP contribution in [-0.2, 0) is 6.54 Å². The number of benzene rings is 3. The lowest BCUT2D eigenvalue weighted by Crippen LogP contribution is -2.30. The molecule has 1 nitrogen and oxygen atoms in total. The standard InChI is InChI=1S/C25H25N/c1-20-18-26(19-21-9-4-2-5-10-21)16-15-25(20)24-14-8-13-23(17-24)22-11-6-3-7-12-22/h2-14,17H,15-16,18-19H2,1H3. The lowest BCUT2D eigenvalue weighted by Gasteiger charge is -2.30. The Balaban J connectivity index is 1.54. The Morgan fingerprint density at radius 2 is 1.38 bits per heavy atom. The smallest absolute Gasteiger partial charge is 0.0237 e. The Kier molecular flexibility index (Phi) is 4.99. The summed E-state index contributed by atoms with van der Waals surface area (Å²) in [4.78, 5) is 2.55. The average molecular weight is 339 g/mol. The zero-order chi connectivity index (χ0) is 17.8. The predicted molar refractivity (Wildman–Crippen MR) is 111 cm³/mol. The van der Waals surface area contributed by atoms with Crippen molar-refractivity contribution >= 4 is 5.57 Å². The first-order valence-electron chi connectivity index (χ1n) is 9.40. The van der Waals surface area contributed by atoms with E-state index in [2.05, 4.69) is 96.8 Å². The summed E-state index contributed by atoms with van der Waals surface area (Å²) >= 11 is 0. The first-order valence-corrected chi connectivity index (χ1v) is 9.40. The van der Waals surface area contributed by atoms with Crippen LogP contribution < -0.4 is 0 Å². The maximum absolute atomic E-state index is 2.55. The molecular formula is C25H25N. The van der Waals surface area contributed by atoms with Gasteiger partial charge < -0.3 is 0 Å². The number of hydrogen-bond donors (Lipinski definition) is 0. The van der Waals surface area contributed by atoms with Crippen molar-refractivity contribution in [3.8, 4) is 11.1 Å². The highest BCUT2D eigenvalue weighted by Gasteiger charge is 2.17. The van der Waals surface area contributed by atoms with Crippen LogP contribution in [0.2, 0.25) is 0 Å². The number of hydrogen-bond acceptors (Lipinski definition) is 1. The second-order valence-corrected chi connectivity index (χ2v) is 7.15. The Labute approximate surface area is 156 Å². The number of nitrogens with zero attached hydrogens (tertiary/aromatic N) is 1. The lowest BCUT2D eigenvalue weighted by molar-refractivity contribution is 0.286. The van der Waals surface area contributed by atoms with Gasteiger partial charge in [-0.25, -0.2) is 0 Å². The molecule has 1 heteroatoms. The van der Waals surface area contributed by atoms with Crippen molar-refractivity contribution < 1.29 is 0 Å². The van der Waals surface area contributed by atoms with Gasteiger partial charge in [-0.2, -0.15) is 0 Å². The Bertz CT molecular complexity index is 894. The van der Waals surface area contributed by atoms with E-state index in [1.54, 1.807) is 0 Å². The summed E-state index contributed by atoms with van der Waals surface area (Å²) < 4.78 is 0. The molecule has 0 N–H and O–H groups in total. The zero-order valence-electron chi connectivity index (χ0n) is 15.4. The van der Waals surface area contributed by atoms with Crippen LogP contribution in [0.1, 0.15) is 24.5 Å². The van der Waals surface area contributed by atoms with Gasteiger partial charge in [0.15, 0.2) is 0 Å². The normalized spacial score (nSPS) is 15.3. The molecule has 1 aliphatic heterocycles. The molecular weight excluding hydrogens is 314 g/mol. The van der Waals surface area contributed by atoms with E-state index >= 15 is 0 Å². The maximum Gasteiger partial charge on any atom is 0.0237 e. The Morgan fingerprint density at radius 3 is 2.12 bits per heavy atom. The minimum atomic E-state index is 1.04. The highest BCUT2D eigenvalue weighted by molar-refractivity contribution is 5.74. The van der Waals surface area contributed by atoms with E-state index in [0.717, 1.165) is 26.1 Å². The van der Waals surface area contributed by atoms with Gasteiger partial charge in [-0.05, 0) is 47.2 Å². The van der Waals surface area contributed by atoms with Crippen LogP contribution in [0.4, 0.5) is 0 Å². The maximum atomic E-state index is 2.55. The van der Waals surface area contributed by atoms with Gasteiger partial charge in [0.1, 0.15) is 0 Å². The molecule has 1 heterocycles. The van der Waals surface area contributed by atoms with E-state index in [-0.39, 0.29) is 0 Å². The zero-order valence-corrected chi connectivity index (χ0v) is 15.4.